The maximum absolute atomic E-state index is 12.6. The summed E-state index contributed by atoms with van der Waals surface area (Å²) >= 11 is 0. The van der Waals surface area contributed by atoms with E-state index in [0.29, 0.717) is 10.6 Å². The predicted octanol–water partition coefficient (Wildman–Crippen LogP) is 2.47. The Labute approximate surface area is 184 Å². The highest BCUT2D eigenvalue weighted by molar-refractivity contribution is 7.89. The van der Waals surface area contributed by atoms with Gasteiger partial charge in [-0.15, -0.1) is 0 Å². The minimum atomic E-state index is -3.45. The molecule has 2 N–H and O–H groups in total. The molecule has 7 nitrogen and oxygen atoms in total. The molecular formula is C23H30N4O3S. The number of para-hydroxylation sites is 1. The standard InChI is InChI=1S/C23H30N4O3S/c28-31(29)22-4-2-1-3-21(22)24-23(25-31)19-9-11-26(12-10-19)17-18-5-7-20(8-6-18)27-13-15-30-16-14-27/h1-8,19,23-25H,9-17H2. The highest BCUT2D eigenvalue weighted by atomic mass is 32.2. The summed E-state index contributed by atoms with van der Waals surface area (Å²) in [6.45, 7) is 6.38. The topological polar surface area (TPSA) is 73.9 Å². The monoisotopic (exact) mass is 442 g/mol. The number of sulfonamides is 1. The molecule has 0 aliphatic carbocycles. The number of piperidine rings is 1. The quantitative estimate of drug-likeness (QED) is 0.758. The normalized spacial score (nSPS) is 24.4. The summed E-state index contributed by atoms with van der Waals surface area (Å²) in [5, 5.41) is 3.40. The van der Waals surface area contributed by atoms with Crippen LogP contribution in [0.1, 0.15) is 18.4 Å². The number of morpholine rings is 1. The third-order valence-corrected chi connectivity index (χ3v) is 8.09. The Kier molecular flexibility index (Phi) is 5.88. The Morgan fingerprint density at radius 1 is 0.935 bits per heavy atom. The summed E-state index contributed by atoms with van der Waals surface area (Å²) in [7, 11) is -3.45. The highest BCUT2D eigenvalue weighted by Gasteiger charge is 2.35. The van der Waals surface area contributed by atoms with Gasteiger partial charge < -0.3 is 15.0 Å². The molecule has 166 valence electrons. The van der Waals surface area contributed by atoms with Crippen LogP contribution >= 0.6 is 0 Å². The SMILES string of the molecule is O=S1(=O)NC(C2CCN(Cc3ccc(N4CCOCC4)cc3)CC2)Nc2ccccc21. The average molecular weight is 443 g/mol. The van der Waals surface area contributed by atoms with Crippen LogP contribution in [0.15, 0.2) is 53.4 Å². The minimum absolute atomic E-state index is 0.241. The first-order valence-electron chi connectivity index (χ1n) is 11.1. The van der Waals surface area contributed by atoms with Crippen LogP contribution in [0.2, 0.25) is 0 Å². The van der Waals surface area contributed by atoms with Crippen LogP contribution in [0.4, 0.5) is 11.4 Å². The van der Waals surface area contributed by atoms with Gasteiger partial charge in [-0.25, -0.2) is 8.42 Å². The fraction of sp³-hybridized carbons (Fsp3) is 0.478. The average Bonchev–Trinajstić information content (AvgIpc) is 2.80. The number of rotatable bonds is 4. The van der Waals surface area contributed by atoms with E-state index in [-0.39, 0.29) is 12.1 Å². The van der Waals surface area contributed by atoms with E-state index in [2.05, 4.69) is 44.1 Å². The van der Waals surface area contributed by atoms with Crippen molar-refractivity contribution in [3.8, 4) is 0 Å². The molecule has 3 aliphatic heterocycles. The summed E-state index contributed by atoms with van der Waals surface area (Å²) in [4.78, 5) is 5.17. The van der Waals surface area contributed by atoms with Gasteiger partial charge in [0.05, 0.1) is 25.1 Å². The van der Waals surface area contributed by atoms with Crippen molar-refractivity contribution in [3.63, 3.8) is 0 Å². The number of benzene rings is 2. The fourth-order valence-corrected chi connectivity index (χ4v) is 6.19. The van der Waals surface area contributed by atoms with Crippen molar-refractivity contribution >= 4 is 21.4 Å². The van der Waals surface area contributed by atoms with Gasteiger partial charge in [-0.1, -0.05) is 24.3 Å². The molecule has 5 rings (SSSR count). The van der Waals surface area contributed by atoms with E-state index in [1.165, 1.54) is 11.3 Å². The lowest BCUT2D eigenvalue weighted by Crippen LogP contribution is -2.51. The Morgan fingerprint density at radius 2 is 1.65 bits per heavy atom. The smallest absolute Gasteiger partial charge is 0.244 e. The van der Waals surface area contributed by atoms with Crippen molar-refractivity contribution in [1.82, 2.24) is 9.62 Å². The Balaban J connectivity index is 1.16. The summed E-state index contributed by atoms with van der Waals surface area (Å²) in [6, 6.07) is 16.0. The van der Waals surface area contributed by atoms with E-state index in [1.807, 2.05) is 12.1 Å². The summed E-state index contributed by atoms with van der Waals surface area (Å²) in [5.74, 6) is 0.281. The lowest BCUT2D eigenvalue weighted by molar-refractivity contribution is 0.122. The lowest BCUT2D eigenvalue weighted by atomic mass is 9.93. The molecule has 8 heteroatoms. The van der Waals surface area contributed by atoms with Crippen LogP contribution in [0.25, 0.3) is 0 Å². The lowest BCUT2D eigenvalue weighted by Gasteiger charge is -2.39. The van der Waals surface area contributed by atoms with Crippen molar-refractivity contribution in [3.05, 3.63) is 54.1 Å². The van der Waals surface area contributed by atoms with Crippen molar-refractivity contribution in [2.45, 2.75) is 30.4 Å². The van der Waals surface area contributed by atoms with Gasteiger partial charge in [-0.3, -0.25) is 4.90 Å². The van der Waals surface area contributed by atoms with Crippen molar-refractivity contribution in [1.29, 1.82) is 0 Å². The van der Waals surface area contributed by atoms with Crippen LogP contribution in [0.3, 0.4) is 0 Å². The van der Waals surface area contributed by atoms with Gasteiger partial charge in [0.1, 0.15) is 4.90 Å². The molecule has 1 atom stereocenters. The van der Waals surface area contributed by atoms with Gasteiger partial charge in [0.25, 0.3) is 0 Å². The maximum Gasteiger partial charge on any atom is 0.244 e. The van der Waals surface area contributed by atoms with Crippen LogP contribution in [-0.4, -0.2) is 58.9 Å². The Hall–Kier alpha value is -2.13. The zero-order valence-electron chi connectivity index (χ0n) is 17.7. The number of nitrogens with zero attached hydrogens (tertiary/aromatic N) is 2. The van der Waals surface area contributed by atoms with Crippen molar-refractivity contribution < 1.29 is 13.2 Å². The Bertz CT molecular complexity index is 998. The zero-order valence-corrected chi connectivity index (χ0v) is 18.5. The van der Waals surface area contributed by atoms with E-state index < -0.39 is 10.0 Å². The van der Waals surface area contributed by atoms with Crippen molar-refractivity contribution in [2.75, 3.05) is 49.6 Å². The van der Waals surface area contributed by atoms with E-state index >= 15 is 0 Å². The van der Waals surface area contributed by atoms with E-state index in [9.17, 15) is 8.42 Å². The van der Waals surface area contributed by atoms with E-state index in [1.54, 1.807) is 12.1 Å². The van der Waals surface area contributed by atoms with Crippen molar-refractivity contribution in [2.24, 2.45) is 5.92 Å². The second-order valence-electron chi connectivity index (χ2n) is 8.62. The number of likely N-dealkylation sites (tertiary alicyclic amines) is 1. The van der Waals surface area contributed by atoms with Crippen LogP contribution in [-0.2, 0) is 21.3 Å². The molecular weight excluding hydrogens is 412 g/mol. The third-order valence-electron chi connectivity index (χ3n) is 6.59. The largest absolute Gasteiger partial charge is 0.378 e. The molecule has 31 heavy (non-hydrogen) atoms. The van der Waals surface area contributed by atoms with Gasteiger partial charge in [-0.2, -0.15) is 4.72 Å². The molecule has 1 unspecified atom stereocenters. The number of fused-ring (bicyclic) bond motifs is 1. The second kappa shape index (κ2) is 8.78. The molecule has 2 fully saturated rings. The zero-order chi connectivity index (χ0) is 21.3. The molecule has 0 radical (unpaired) electrons. The first kappa shape index (κ1) is 20.8. The number of ether oxygens (including phenoxy) is 1. The number of nitrogens with one attached hydrogen (secondary N) is 2. The fourth-order valence-electron chi connectivity index (χ4n) is 4.80. The Morgan fingerprint density at radius 3 is 2.39 bits per heavy atom. The van der Waals surface area contributed by atoms with E-state index in [0.717, 1.165) is 58.8 Å². The molecule has 2 aromatic rings. The van der Waals surface area contributed by atoms with Gasteiger partial charge in [0.15, 0.2) is 0 Å². The van der Waals surface area contributed by atoms with Crippen LogP contribution < -0.4 is 14.9 Å². The molecule has 0 spiro atoms. The summed E-state index contributed by atoms with van der Waals surface area (Å²) in [5.41, 5.74) is 3.29. The summed E-state index contributed by atoms with van der Waals surface area (Å²) in [6.07, 6.45) is 1.69. The highest BCUT2D eigenvalue weighted by Crippen LogP contribution is 2.31. The molecule has 3 heterocycles. The molecule has 0 bridgehead atoms. The van der Waals surface area contributed by atoms with Crippen LogP contribution in [0.5, 0.6) is 0 Å². The maximum atomic E-state index is 12.6. The van der Waals surface area contributed by atoms with Gasteiger partial charge in [0, 0.05) is 25.3 Å². The summed E-state index contributed by atoms with van der Waals surface area (Å²) < 4.78 is 33.5. The second-order valence-corrected chi connectivity index (χ2v) is 10.3. The first-order chi connectivity index (χ1) is 15.1. The predicted molar refractivity (Wildman–Crippen MR) is 122 cm³/mol. The molecule has 2 saturated heterocycles. The van der Waals surface area contributed by atoms with Crippen LogP contribution in [0, 0.1) is 5.92 Å². The first-order valence-corrected chi connectivity index (χ1v) is 12.6. The number of anilines is 2. The third kappa shape index (κ3) is 4.57. The minimum Gasteiger partial charge on any atom is -0.378 e. The number of hydrogen-bond acceptors (Lipinski definition) is 6. The molecule has 3 aliphatic rings. The van der Waals surface area contributed by atoms with Gasteiger partial charge >= 0.3 is 0 Å². The molecule has 2 aromatic carbocycles. The van der Waals surface area contributed by atoms with Gasteiger partial charge in [-0.05, 0) is 61.7 Å². The number of hydrogen-bond donors (Lipinski definition) is 2. The van der Waals surface area contributed by atoms with E-state index in [4.69, 9.17) is 4.74 Å². The van der Waals surface area contributed by atoms with Gasteiger partial charge in [0.2, 0.25) is 10.0 Å². The molecule has 0 saturated carbocycles. The molecule has 0 aromatic heterocycles. The molecule has 0 amide bonds.